The van der Waals surface area contributed by atoms with Gasteiger partial charge in [-0.2, -0.15) is 4.31 Å². The second kappa shape index (κ2) is 5.40. The van der Waals surface area contributed by atoms with Crippen molar-refractivity contribution >= 4 is 21.4 Å². The molecule has 2 heterocycles. The number of hydrogen-bond donors (Lipinski definition) is 0. The lowest BCUT2D eigenvalue weighted by Gasteiger charge is -2.26. The molecule has 0 radical (unpaired) electrons. The largest absolute Gasteiger partial charge is 0.376 e. The van der Waals surface area contributed by atoms with Crippen molar-refractivity contribution < 1.29 is 13.2 Å². The van der Waals surface area contributed by atoms with Gasteiger partial charge >= 0.3 is 0 Å². The number of piperidine rings is 1. The highest BCUT2D eigenvalue weighted by molar-refractivity contribution is 7.91. The molecule has 1 aromatic heterocycles. The van der Waals surface area contributed by atoms with E-state index in [9.17, 15) is 8.42 Å². The Morgan fingerprint density at radius 2 is 2.25 bits per heavy atom. The van der Waals surface area contributed by atoms with E-state index in [2.05, 4.69) is 13.8 Å². The molecule has 20 heavy (non-hydrogen) atoms. The number of thiophene rings is 1. The molecule has 1 saturated heterocycles. The predicted octanol–water partition coefficient (Wildman–Crippen LogP) is 2.57. The molecule has 1 saturated carbocycles. The Kier molecular flexibility index (Phi) is 3.92. The van der Waals surface area contributed by atoms with E-state index in [-0.39, 0.29) is 12.1 Å². The lowest BCUT2D eigenvalue weighted by Crippen LogP contribution is -2.39. The minimum absolute atomic E-state index is 0.0332. The molecule has 1 aliphatic heterocycles. The standard InChI is InChI=1S/C14H21NO3S2/c1-10(2)9-18-14-11-5-6-12(14)15(8-11)20(16,17)13-4-3-7-19-13/h3-4,7,10-12,14H,5-6,8-9H2,1-2H3. The number of sulfonamides is 1. The second-order valence-electron chi connectivity index (χ2n) is 6.10. The van der Waals surface area contributed by atoms with Crippen molar-refractivity contribution in [1.29, 1.82) is 0 Å². The van der Waals surface area contributed by atoms with E-state index in [1.807, 2.05) is 5.38 Å². The van der Waals surface area contributed by atoms with Crippen LogP contribution in [0.1, 0.15) is 26.7 Å². The van der Waals surface area contributed by atoms with Crippen LogP contribution in [0.15, 0.2) is 21.7 Å². The van der Waals surface area contributed by atoms with Crippen LogP contribution in [0.3, 0.4) is 0 Å². The number of hydrogen-bond acceptors (Lipinski definition) is 4. The van der Waals surface area contributed by atoms with Crippen LogP contribution in [0.2, 0.25) is 0 Å². The van der Waals surface area contributed by atoms with Crippen LogP contribution >= 0.6 is 11.3 Å². The molecule has 0 amide bonds. The highest BCUT2D eigenvalue weighted by Gasteiger charge is 2.52. The lowest BCUT2D eigenvalue weighted by molar-refractivity contribution is 0.0182. The maximum Gasteiger partial charge on any atom is 0.252 e. The maximum absolute atomic E-state index is 12.6. The van der Waals surface area contributed by atoms with E-state index in [0.29, 0.717) is 29.2 Å². The molecule has 3 rings (SSSR count). The van der Waals surface area contributed by atoms with Gasteiger partial charge in [-0.3, -0.25) is 0 Å². The average molecular weight is 315 g/mol. The van der Waals surface area contributed by atoms with Gasteiger partial charge in [-0.05, 0) is 30.2 Å². The van der Waals surface area contributed by atoms with Crippen molar-refractivity contribution in [3.05, 3.63) is 17.5 Å². The zero-order valence-electron chi connectivity index (χ0n) is 11.9. The molecule has 2 fully saturated rings. The fourth-order valence-electron chi connectivity index (χ4n) is 3.25. The summed E-state index contributed by atoms with van der Waals surface area (Å²) in [5.74, 6) is 0.853. The average Bonchev–Trinajstić information content (AvgIpc) is 3.12. The van der Waals surface area contributed by atoms with Gasteiger partial charge in [0.25, 0.3) is 10.0 Å². The molecule has 3 atom stereocenters. The van der Waals surface area contributed by atoms with Crippen LogP contribution in [0.25, 0.3) is 0 Å². The molecule has 6 heteroatoms. The molecule has 0 spiro atoms. The van der Waals surface area contributed by atoms with Crippen LogP contribution in [0.5, 0.6) is 0 Å². The van der Waals surface area contributed by atoms with Crippen molar-refractivity contribution in [3.8, 4) is 0 Å². The van der Waals surface area contributed by atoms with E-state index in [4.69, 9.17) is 4.74 Å². The monoisotopic (exact) mass is 315 g/mol. The molecule has 0 N–H and O–H groups in total. The van der Waals surface area contributed by atoms with E-state index >= 15 is 0 Å². The van der Waals surface area contributed by atoms with Gasteiger partial charge in [0.05, 0.1) is 12.1 Å². The summed E-state index contributed by atoms with van der Waals surface area (Å²) in [7, 11) is -3.33. The minimum Gasteiger partial charge on any atom is -0.376 e. The fourth-order valence-corrected chi connectivity index (χ4v) is 6.09. The van der Waals surface area contributed by atoms with E-state index < -0.39 is 10.0 Å². The van der Waals surface area contributed by atoms with Crippen LogP contribution in [0.4, 0.5) is 0 Å². The second-order valence-corrected chi connectivity index (χ2v) is 9.17. The summed E-state index contributed by atoms with van der Waals surface area (Å²) in [6.07, 6.45) is 2.11. The summed E-state index contributed by atoms with van der Waals surface area (Å²) in [6.45, 7) is 5.58. The van der Waals surface area contributed by atoms with Gasteiger partial charge in [0.2, 0.25) is 0 Å². The van der Waals surface area contributed by atoms with Gasteiger partial charge in [0, 0.05) is 19.1 Å². The quantitative estimate of drug-likeness (QED) is 0.839. The first-order valence-corrected chi connectivity index (χ1v) is 9.49. The first-order valence-electron chi connectivity index (χ1n) is 7.17. The molecule has 2 aliphatic rings. The summed E-state index contributed by atoms with van der Waals surface area (Å²) in [6, 6.07) is 3.51. The number of rotatable bonds is 5. The predicted molar refractivity (Wildman–Crippen MR) is 79.3 cm³/mol. The van der Waals surface area contributed by atoms with Crippen LogP contribution in [-0.2, 0) is 14.8 Å². The third kappa shape index (κ3) is 2.43. The highest BCUT2D eigenvalue weighted by atomic mass is 32.2. The minimum atomic E-state index is -3.33. The Balaban J connectivity index is 1.78. The van der Waals surface area contributed by atoms with Gasteiger partial charge in [-0.1, -0.05) is 19.9 Å². The Hall–Kier alpha value is -0.430. The summed E-state index contributed by atoms with van der Waals surface area (Å²) in [5, 5.41) is 1.81. The van der Waals surface area contributed by atoms with Gasteiger partial charge in [-0.15, -0.1) is 11.3 Å². The number of nitrogens with zero attached hydrogens (tertiary/aromatic N) is 1. The Morgan fingerprint density at radius 1 is 1.45 bits per heavy atom. The number of ether oxygens (including phenoxy) is 1. The Bertz CT molecular complexity index is 553. The highest BCUT2D eigenvalue weighted by Crippen LogP contribution is 2.43. The summed E-state index contributed by atoms with van der Waals surface area (Å²) in [5.41, 5.74) is 0. The van der Waals surface area contributed by atoms with E-state index in [0.717, 1.165) is 12.8 Å². The third-order valence-electron chi connectivity index (χ3n) is 4.14. The van der Waals surface area contributed by atoms with Gasteiger partial charge < -0.3 is 4.74 Å². The zero-order valence-corrected chi connectivity index (χ0v) is 13.5. The van der Waals surface area contributed by atoms with Crippen molar-refractivity contribution in [2.45, 2.75) is 43.0 Å². The third-order valence-corrected chi connectivity index (χ3v) is 7.41. The van der Waals surface area contributed by atoms with Crippen LogP contribution in [-0.4, -0.2) is 38.0 Å². The van der Waals surface area contributed by atoms with Gasteiger partial charge in [0.1, 0.15) is 4.21 Å². The van der Waals surface area contributed by atoms with Crippen LogP contribution < -0.4 is 0 Å². The number of fused-ring (bicyclic) bond motifs is 2. The Morgan fingerprint density at radius 3 is 2.90 bits per heavy atom. The zero-order chi connectivity index (χ0) is 14.3. The molecule has 3 unspecified atom stereocenters. The van der Waals surface area contributed by atoms with Crippen LogP contribution in [0, 0.1) is 11.8 Å². The maximum atomic E-state index is 12.6. The molecule has 4 nitrogen and oxygen atoms in total. The van der Waals surface area contributed by atoms with Gasteiger partial charge in [-0.25, -0.2) is 8.42 Å². The molecule has 2 bridgehead atoms. The van der Waals surface area contributed by atoms with Crippen molar-refractivity contribution in [2.75, 3.05) is 13.2 Å². The molecule has 112 valence electrons. The van der Waals surface area contributed by atoms with Crippen molar-refractivity contribution in [2.24, 2.45) is 11.8 Å². The first kappa shape index (κ1) is 14.5. The van der Waals surface area contributed by atoms with Gasteiger partial charge in [0.15, 0.2) is 0 Å². The Labute approximate surface area is 124 Å². The van der Waals surface area contributed by atoms with Crippen molar-refractivity contribution in [3.63, 3.8) is 0 Å². The fraction of sp³-hybridized carbons (Fsp3) is 0.714. The van der Waals surface area contributed by atoms with E-state index in [1.165, 1.54) is 11.3 Å². The first-order chi connectivity index (χ1) is 9.50. The summed E-state index contributed by atoms with van der Waals surface area (Å²) >= 11 is 1.29. The van der Waals surface area contributed by atoms with E-state index in [1.54, 1.807) is 16.4 Å². The van der Waals surface area contributed by atoms with Crippen molar-refractivity contribution in [1.82, 2.24) is 4.31 Å². The lowest BCUT2D eigenvalue weighted by atomic mass is 10.1. The molecular formula is C14H21NO3S2. The summed E-state index contributed by atoms with van der Waals surface area (Å²) in [4.78, 5) is 0. The topological polar surface area (TPSA) is 46.6 Å². The smallest absolute Gasteiger partial charge is 0.252 e. The SMILES string of the molecule is CC(C)COC1C2CCC1N(S(=O)(=O)c1cccs1)C2. The molecule has 0 aromatic carbocycles. The molecular weight excluding hydrogens is 294 g/mol. The normalized spacial score (nSPS) is 30.4. The molecule has 1 aliphatic carbocycles. The summed E-state index contributed by atoms with van der Waals surface area (Å²) < 4.78 is 33.4. The molecule has 1 aromatic rings.